The van der Waals surface area contributed by atoms with Crippen molar-refractivity contribution in [2.45, 2.75) is 23.8 Å². The van der Waals surface area contributed by atoms with Crippen molar-refractivity contribution in [2.24, 2.45) is 11.8 Å². The molecule has 2 fully saturated rings. The molecule has 1 heterocycles. The van der Waals surface area contributed by atoms with Gasteiger partial charge in [-0.1, -0.05) is 42.5 Å². The van der Waals surface area contributed by atoms with E-state index in [1.807, 2.05) is 35.2 Å². The molecule has 1 aliphatic heterocycles. The van der Waals surface area contributed by atoms with Gasteiger partial charge in [0.15, 0.2) is 0 Å². The summed E-state index contributed by atoms with van der Waals surface area (Å²) in [4.78, 5) is 15.6. The molecular formula is C21H23NO2S. The van der Waals surface area contributed by atoms with E-state index in [0.717, 1.165) is 18.7 Å². The Labute approximate surface area is 153 Å². The monoisotopic (exact) mass is 353 g/mol. The highest BCUT2D eigenvalue weighted by Gasteiger charge is 2.49. The molecule has 4 heteroatoms. The first kappa shape index (κ1) is 16.5. The van der Waals surface area contributed by atoms with Crippen LogP contribution in [0.15, 0.2) is 59.5 Å². The van der Waals surface area contributed by atoms with Crippen molar-refractivity contribution in [1.29, 1.82) is 0 Å². The standard InChI is InChI=1S/C21H23NO2S/c1-25-18-9-5-8-16(10-18)19-11-17-12-22(13-20(17)19)21(23)24-14-15-6-3-2-4-7-15/h2-10,17,19-20H,11-14H2,1H3/t17-,19-,20+/m1/s1. The Balaban J connectivity index is 1.34. The van der Waals surface area contributed by atoms with Gasteiger partial charge in [-0.3, -0.25) is 0 Å². The normalized spacial score (nSPS) is 24.5. The van der Waals surface area contributed by atoms with Crippen LogP contribution in [0.25, 0.3) is 0 Å². The molecule has 3 atom stereocenters. The number of benzene rings is 2. The average Bonchev–Trinajstić information content (AvgIpc) is 2.98. The van der Waals surface area contributed by atoms with Crippen LogP contribution < -0.4 is 0 Å². The molecule has 3 nitrogen and oxygen atoms in total. The summed E-state index contributed by atoms with van der Waals surface area (Å²) >= 11 is 1.79. The Hall–Kier alpha value is -1.94. The van der Waals surface area contributed by atoms with Crippen molar-refractivity contribution in [3.63, 3.8) is 0 Å². The maximum atomic E-state index is 12.4. The van der Waals surface area contributed by atoms with Gasteiger partial charge >= 0.3 is 6.09 Å². The van der Waals surface area contributed by atoms with Crippen LogP contribution in [0.4, 0.5) is 4.79 Å². The van der Waals surface area contributed by atoms with Crippen LogP contribution in [0, 0.1) is 11.8 Å². The van der Waals surface area contributed by atoms with Gasteiger partial charge in [-0.2, -0.15) is 0 Å². The van der Waals surface area contributed by atoms with Gasteiger partial charge in [-0.25, -0.2) is 4.79 Å². The maximum Gasteiger partial charge on any atom is 0.410 e. The first-order valence-electron chi connectivity index (χ1n) is 8.84. The minimum Gasteiger partial charge on any atom is -0.445 e. The lowest BCUT2D eigenvalue weighted by atomic mass is 9.64. The number of nitrogens with zero attached hydrogens (tertiary/aromatic N) is 1. The van der Waals surface area contributed by atoms with Crippen molar-refractivity contribution in [1.82, 2.24) is 4.90 Å². The maximum absolute atomic E-state index is 12.4. The van der Waals surface area contributed by atoms with E-state index < -0.39 is 0 Å². The summed E-state index contributed by atoms with van der Waals surface area (Å²) < 4.78 is 5.50. The summed E-state index contributed by atoms with van der Waals surface area (Å²) in [5, 5.41) is 0. The molecule has 1 aliphatic carbocycles. The van der Waals surface area contributed by atoms with Crippen molar-refractivity contribution in [3.8, 4) is 0 Å². The summed E-state index contributed by atoms with van der Waals surface area (Å²) in [6.45, 7) is 2.02. The molecule has 2 aliphatic rings. The van der Waals surface area contributed by atoms with E-state index in [9.17, 15) is 4.79 Å². The molecule has 130 valence electrons. The number of fused-ring (bicyclic) bond motifs is 1. The molecule has 1 saturated carbocycles. The first-order chi connectivity index (χ1) is 12.2. The zero-order chi connectivity index (χ0) is 17.2. The number of hydrogen-bond donors (Lipinski definition) is 0. The highest BCUT2D eigenvalue weighted by molar-refractivity contribution is 7.98. The van der Waals surface area contributed by atoms with Crippen LogP contribution in [0.5, 0.6) is 0 Å². The fraction of sp³-hybridized carbons (Fsp3) is 0.381. The van der Waals surface area contributed by atoms with Gasteiger partial charge in [0.05, 0.1) is 0 Å². The van der Waals surface area contributed by atoms with Crippen LogP contribution in [0.3, 0.4) is 0 Å². The number of ether oxygens (including phenoxy) is 1. The number of rotatable bonds is 4. The molecule has 0 bridgehead atoms. The van der Waals surface area contributed by atoms with E-state index in [1.54, 1.807) is 11.8 Å². The molecule has 0 radical (unpaired) electrons. The summed E-state index contributed by atoms with van der Waals surface area (Å²) in [7, 11) is 0. The number of hydrogen-bond acceptors (Lipinski definition) is 3. The highest BCUT2D eigenvalue weighted by atomic mass is 32.2. The summed E-state index contributed by atoms with van der Waals surface area (Å²) in [5.74, 6) is 1.80. The summed E-state index contributed by atoms with van der Waals surface area (Å²) in [5.41, 5.74) is 2.46. The van der Waals surface area contributed by atoms with Crippen molar-refractivity contribution < 1.29 is 9.53 Å². The minimum atomic E-state index is -0.171. The topological polar surface area (TPSA) is 29.5 Å². The molecule has 2 aromatic rings. The van der Waals surface area contributed by atoms with Crippen molar-refractivity contribution in [3.05, 3.63) is 65.7 Å². The van der Waals surface area contributed by atoms with Crippen LogP contribution in [-0.2, 0) is 11.3 Å². The Kier molecular flexibility index (Phi) is 4.71. The van der Waals surface area contributed by atoms with Crippen molar-refractivity contribution >= 4 is 17.9 Å². The molecule has 0 unspecified atom stereocenters. The van der Waals surface area contributed by atoms with Crippen LogP contribution in [0.2, 0.25) is 0 Å². The second-order valence-electron chi connectivity index (χ2n) is 6.99. The minimum absolute atomic E-state index is 0.171. The van der Waals surface area contributed by atoms with E-state index in [0.29, 0.717) is 24.4 Å². The molecule has 0 aromatic heterocycles. The lowest BCUT2D eigenvalue weighted by molar-refractivity contribution is 0.103. The average molecular weight is 353 g/mol. The molecule has 25 heavy (non-hydrogen) atoms. The van der Waals surface area contributed by atoms with E-state index in [4.69, 9.17) is 4.74 Å². The molecule has 0 N–H and O–H groups in total. The zero-order valence-corrected chi connectivity index (χ0v) is 15.2. The molecule has 2 aromatic carbocycles. The fourth-order valence-electron chi connectivity index (χ4n) is 4.12. The first-order valence-corrected chi connectivity index (χ1v) is 10.1. The lowest BCUT2D eigenvalue weighted by Gasteiger charge is -2.39. The Morgan fingerprint density at radius 2 is 2.00 bits per heavy atom. The van der Waals surface area contributed by atoms with Crippen LogP contribution in [-0.4, -0.2) is 30.3 Å². The molecule has 0 spiro atoms. The van der Waals surface area contributed by atoms with E-state index in [-0.39, 0.29) is 6.09 Å². The zero-order valence-electron chi connectivity index (χ0n) is 14.4. The Morgan fingerprint density at radius 3 is 2.80 bits per heavy atom. The third kappa shape index (κ3) is 3.40. The van der Waals surface area contributed by atoms with Gasteiger partial charge < -0.3 is 9.64 Å². The highest BCUT2D eigenvalue weighted by Crippen LogP contribution is 2.51. The third-order valence-corrected chi connectivity index (χ3v) is 6.28. The largest absolute Gasteiger partial charge is 0.445 e. The van der Waals surface area contributed by atoms with Gasteiger partial charge in [-0.15, -0.1) is 11.8 Å². The predicted molar refractivity (Wildman–Crippen MR) is 101 cm³/mol. The smallest absolute Gasteiger partial charge is 0.410 e. The third-order valence-electron chi connectivity index (χ3n) is 5.55. The number of carbonyl (C=O) groups is 1. The molecular weight excluding hydrogens is 330 g/mol. The fourth-order valence-corrected chi connectivity index (χ4v) is 4.59. The van der Waals surface area contributed by atoms with E-state index in [2.05, 4.69) is 30.5 Å². The van der Waals surface area contributed by atoms with Gasteiger partial charge in [0, 0.05) is 18.0 Å². The number of thioether (sulfide) groups is 1. The molecule has 1 saturated heterocycles. The second-order valence-corrected chi connectivity index (χ2v) is 7.87. The van der Waals surface area contributed by atoms with E-state index in [1.165, 1.54) is 16.9 Å². The number of likely N-dealkylation sites (tertiary alicyclic amines) is 1. The van der Waals surface area contributed by atoms with Crippen LogP contribution >= 0.6 is 11.8 Å². The van der Waals surface area contributed by atoms with Gasteiger partial charge in [-0.05, 0) is 53.7 Å². The lowest BCUT2D eigenvalue weighted by Crippen LogP contribution is -2.33. The van der Waals surface area contributed by atoms with Gasteiger partial charge in [0.2, 0.25) is 0 Å². The Morgan fingerprint density at radius 1 is 1.16 bits per heavy atom. The summed E-state index contributed by atoms with van der Waals surface area (Å²) in [6, 6.07) is 18.7. The molecule has 4 rings (SSSR count). The van der Waals surface area contributed by atoms with Gasteiger partial charge in [0.1, 0.15) is 6.61 Å². The Bertz CT molecular complexity index is 749. The quantitative estimate of drug-likeness (QED) is 0.741. The van der Waals surface area contributed by atoms with E-state index >= 15 is 0 Å². The van der Waals surface area contributed by atoms with Gasteiger partial charge in [0.25, 0.3) is 0 Å². The van der Waals surface area contributed by atoms with Crippen molar-refractivity contribution in [2.75, 3.05) is 19.3 Å². The second kappa shape index (κ2) is 7.12. The number of carbonyl (C=O) groups excluding carboxylic acids is 1. The molecule has 1 amide bonds. The number of amides is 1. The SMILES string of the molecule is CSc1cccc([C@H]2C[C@@H]3CN(C(=O)OCc4ccccc4)C[C@@H]32)c1. The van der Waals surface area contributed by atoms with Crippen LogP contribution in [0.1, 0.15) is 23.5 Å². The predicted octanol–water partition coefficient (Wildman–Crippen LogP) is 4.78. The summed E-state index contributed by atoms with van der Waals surface area (Å²) in [6.07, 6.45) is 3.13.